The fourth-order valence-electron chi connectivity index (χ4n) is 3.97. The molecular weight excluding hydrogens is 530 g/mol. The molecule has 0 saturated heterocycles. The summed E-state index contributed by atoms with van der Waals surface area (Å²) in [5.74, 6) is -3.32. The number of nitrogens with one attached hydrogen (secondary N) is 4. The summed E-state index contributed by atoms with van der Waals surface area (Å²) in [4.78, 5) is 62.2. The standard InChI is InChI=1S/C27H41N9O5/c1-3-16(2)22(28)25(39)35-20(12-17-8-5-4-6-9-17)24(38)34-19(10-7-11-32-27(29)30)23(37)36-21(26(40)41)13-18-14-31-15-33-18/h4-6,8-9,14-16,19-22H,3,7,10-13,28H2,1-2H3,(H,31,33)(H,34,38)(H,35,39)(H,36,37)(H,40,41)(H4,29,30,32). The first-order valence-electron chi connectivity index (χ1n) is 13.5. The van der Waals surface area contributed by atoms with E-state index in [9.17, 15) is 24.3 Å². The summed E-state index contributed by atoms with van der Waals surface area (Å²) in [7, 11) is 0. The van der Waals surface area contributed by atoms with Crippen molar-refractivity contribution < 1.29 is 24.3 Å². The van der Waals surface area contributed by atoms with Gasteiger partial charge in [0.25, 0.3) is 0 Å². The third kappa shape index (κ3) is 11.3. The average Bonchev–Trinajstić information content (AvgIpc) is 3.46. The summed E-state index contributed by atoms with van der Waals surface area (Å²) in [6, 6.07) is 4.77. The number of nitrogens with two attached hydrogens (primary N) is 3. The van der Waals surface area contributed by atoms with Crippen LogP contribution in [-0.2, 0) is 32.0 Å². The second kappa shape index (κ2) is 16.6. The second-order valence-electron chi connectivity index (χ2n) is 9.85. The lowest BCUT2D eigenvalue weighted by Crippen LogP contribution is -2.58. The van der Waals surface area contributed by atoms with Crippen molar-refractivity contribution >= 4 is 29.7 Å². The van der Waals surface area contributed by atoms with E-state index in [1.54, 1.807) is 0 Å². The van der Waals surface area contributed by atoms with Gasteiger partial charge in [-0.1, -0.05) is 50.6 Å². The van der Waals surface area contributed by atoms with E-state index >= 15 is 0 Å². The lowest BCUT2D eigenvalue weighted by molar-refractivity contribution is -0.142. The summed E-state index contributed by atoms with van der Waals surface area (Å²) in [6.07, 6.45) is 4.04. The van der Waals surface area contributed by atoms with Crippen LogP contribution in [0.3, 0.4) is 0 Å². The molecule has 0 fully saturated rings. The molecule has 0 saturated carbocycles. The molecule has 0 aliphatic carbocycles. The van der Waals surface area contributed by atoms with E-state index in [1.807, 2.05) is 44.2 Å². The van der Waals surface area contributed by atoms with Crippen LogP contribution in [0.5, 0.6) is 0 Å². The molecular formula is C27H41N9O5. The minimum absolute atomic E-state index is 0.0457. The monoisotopic (exact) mass is 571 g/mol. The molecule has 11 N–H and O–H groups in total. The number of guanidine groups is 1. The molecule has 2 rings (SSSR count). The number of hydrogen-bond donors (Lipinski definition) is 8. The molecule has 5 unspecified atom stereocenters. The Labute approximate surface area is 238 Å². The summed E-state index contributed by atoms with van der Waals surface area (Å²) in [6.45, 7) is 3.94. The number of nitrogens with zero attached hydrogens (tertiary/aromatic N) is 2. The number of imidazole rings is 1. The number of rotatable bonds is 17. The number of carbonyl (C=O) groups excluding carboxylic acids is 3. The molecule has 41 heavy (non-hydrogen) atoms. The van der Waals surface area contributed by atoms with Crippen LogP contribution in [-0.4, -0.2) is 75.4 Å². The van der Waals surface area contributed by atoms with Crippen molar-refractivity contribution in [1.82, 2.24) is 25.9 Å². The fourth-order valence-corrected chi connectivity index (χ4v) is 3.97. The topological polar surface area (TPSA) is 244 Å². The summed E-state index contributed by atoms with van der Waals surface area (Å²) in [5, 5.41) is 17.6. The van der Waals surface area contributed by atoms with Gasteiger partial charge in [-0.15, -0.1) is 0 Å². The van der Waals surface area contributed by atoms with Gasteiger partial charge in [0.2, 0.25) is 17.7 Å². The average molecular weight is 572 g/mol. The zero-order valence-corrected chi connectivity index (χ0v) is 23.4. The molecule has 1 heterocycles. The van der Waals surface area contributed by atoms with Crippen LogP contribution in [0.4, 0.5) is 0 Å². The van der Waals surface area contributed by atoms with E-state index in [-0.39, 0.29) is 37.7 Å². The predicted molar refractivity (Wildman–Crippen MR) is 153 cm³/mol. The van der Waals surface area contributed by atoms with Crippen LogP contribution in [0.15, 0.2) is 47.8 Å². The van der Waals surface area contributed by atoms with E-state index in [0.29, 0.717) is 18.5 Å². The van der Waals surface area contributed by atoms with Crippen LogP contribution in [0.2, 0.25) is 0 Å². The number of hydrogen-bond acceptors (Lipinski definition) is 7. The number of carbonyl (C=O) groups is 4. The molecule has 0 aliphatic rings. The van der Waals surface area contributed by atoms with Gasteiger partial charge in [0.1, 0.15) is 18.1 Å². The van der Waals surface area contributed by atoms with Crippen LogP contribution >= 0.6 is 0 Å². The van der Waals surface area contributed by atoms with E-state index in [4.69, 9.17) is 17.2 Å². The lowest BCUT2D eigenvalue weighted by Gasteiger charge is -2.26. The maximum atomic E-state index is 13.5. The van der Waals surface area contributed by atoms with Crippen molar-refractivity contribution in [1.29, 1.82) is 0 Å². The number of aliphatic imine (C=N–C) groups is 1. The SMILES string of the molecule is CCC(C)C(N)C(=O)NC(Cc1ccccc1)C(=O)NC(CCCN=C(N)N)C(=O)NC(Cc1cnc[nH]1)C(=O)O. The highest BCUT2D eigenvalue weighted by Gasteiger charge is 2.31. The first-order chi connectivity index (χ1) is 19.5. The normalized spacial score (nSPS) is 14.5. The maximum absolute atomic E-state index is 13.5. The van der Waals surface area contributed by atoms with Crippen molar-refractivity contribution in [2.24, 2.45) is 28.1 Å². The van der Waals surface area contributed by atoms with Gasteiger partial charge >= 0.3 is 5.97 Å². The first kappa shape index (κ1) is 32.8. The number of aliphatic carboxylic acids is 1. The lowest BCUT2D eigenvalue weighted by atomic mass is 9.98. The molecule has 1 aromatic carbocycles. The second-order valence-corrected chi connectivity index (χ2v) is 9.85. The van der Waals surface area contributed by atoms with Crippen LogP contribution in [0.1, 0.15) is 44.4 Å². The molecule has 0 spiro atoms. The third-order valence-electron chi connectivity index (χ3n) is 6.65. The van der Waals surface area contributed by atoms with Crippen LogP contribution in [0, 0.1) is 5.92 Å². The highest BCUT2D eigenvalue weighted by atomic mass is 16.4. The molecule has 3 amide bonds. The van der Waals surface area contributed by atoms with Crippen molar-refractivity contribution in [3.63, 3.8) is 0 Å². The van der Waals surface area contributed by atoms with Gasteiger partial charge in [-0.05, 0) is 24.3 Å². The molecule has 224 valence electrons. The Morgan fingerprint density at radius 2 is 1.61 bits per heavy atom. The highest BCUT2D eigenvalue weighted by molar-refractivity contribution is 5.94. The minimum Gasteiger partial charge on any atom is -0.480 e. The predicted octanol–water partition coefficient (Wildman–Crippen LogP) is -0.839. The van der Waals surface area contributed by atoms with E-state index in [0.717, 1.165) is 5.56 Å². The number of carboxylic acids is 1. The molecule has 5 atom stereocenters. The number of H-pyrrole nitrogens is 1. The van der Waals surface area contributed by atoms with Gasteiger partial charge in [-0.2, -0.15) is 0 Å². The minimum atomic E-state index is -1.28. The van der Waals surface area contributed by atoms with Crippen molar-refractivity contribution in [3.05, 3.63) is 54.1 Å². The van der Waals surface area contributed by atoms with Gasteiger partial charge in [0.05, 0.1) is 12.4 Å². The highest BCUT2D eigenvalue weighted by Crippen LogP contribution is 2.09. The van der Waals surface area contributed by atoms with E-state index < -0.39 is 47.9 Å². The number of benzene rings is 1. The summed E-state index contributed by atoms with van der Waals surface area (Å²) in [5.41, 5.74) is 18.2. The summed E-state index contributed by atoms with van der Waals surface area (Å²) < 4.78 is 0. The van der Waals surface area contributed by atoms with E-state index in [1.165, 1.54) is 12.5 Å². The number of aromatic amines is 1. The maximum Gasteiger partial charge on any atom is 0.326 e. The van der Waals surface area contributed by atoms with Gasteiger partial charge in [-0.3, -0.25) is 19.4 Å². The van der Waals surface area contributed by atoms with Crippen molar-refractivity contribution in [2.45, 2.75) is 70.1 Å². The third-order valence-corrected chi connectivity index (χ3v) is 6.65. The molecule has 14 nitrogen and oxygen atoms in total. The Bertz CT molecular complexity index is 1150. The van der Waals surface area contributed by atoms with Gasteiger partial charge in [-0.25, -0.2) is 9.78 Å². The first-order valence-corrected chi connectivity index (χ1v) is 13.5. The summed E-state index contributed by atoms with van der Waals surface area (Å²) >= 11 is 0. The van der Waals surface area contributed by atoms with Gasteiger partial charge in [0.15, 0.2) is 5.96 Å². The van der Waals surface area contributed by atoms with Gasteiger partial charge < -0.3 is 43.2 Å². The zero-order valence-electron chi connectivity index (χ0n) is 23.4. The molecule has 1 aromatic heterocycles. The zero-order chi connectivity index (χ0) is 30.4. The Morgan fingerprint density at radius 1 is 0.976 bits per heavy atom. The largest absolute Gasteiger partial charge is 0.480 e. The molecule has 2 aromatic rings. The smallest absolute Gasteiger partial charge is 0.326 e. The Kier molecular flexibility index (Phi) is 13.3. The van der Waals surface area contributed by atoms with Crippen molar-refractivity contribution in [2.75, 3.05) is 6.54 Å². The van der Waals surface area contributed by atoms with Gasteiger partial charge in [0, 0.05) is 31.3 Å². The Morgan fingerprint density at radius 3 is 2.20 bits per heavy atom. The molecule has 0 bridgehead atoms. The Hall–Kier alpha value is -4.46. The van der Waals surface area contributed by atoms with Crippen LogP contribution < -0.4 is 33.2 Å². The molecule has 14 heteroatoms. The molecule has 0 aliphatic heterocycles. The quantitative estimate of drug-likeness (QED) is 0.0669. The number of amides is 3. The van der Waals surface area contributed by atoms with E-state index in [2.05, 4.69) is 30.9 Å². The number of aromatic nitrogens is 2. The van der Waals surface area contributed by atoms with Crippen molar-refractivity contribution in [3.8, 4) is 0 Å². The Balaban J connectivity index is 2.25. The van der Waals surface area contributed by atoms with Crippen LogP contribution in [0.25, 0.3) is 0 Å². The molecule has 0 radical (unpaired) electrons. The fraction of sp³-hybridized carbons (Fsp3) is 0.481. The number of carboxylic acid groups (broad SMARTS) is 1.